The normalized spacial score (nSPS) is 19.3. The number of hydrogen-bond acceptors (Lipinski definition) is 5. The predicted molar refractivity (Wildman–Crippen MR) is 111 cm³/mol. The predicted octanol–water partition coefficient (Wildman–Crippen LogP) is 3.66. The van der Waals surface area contributed by atoms with Crippen molar-refractivity contribution in [1.29, 1.82) is 5.26 Å². The number of rotatable bonds is 3. The quantitative estimate of drug-likeness (QED) is 0.880. The maximum Gasteiger partial charge on any atom is 0.220 e. The molecule has 1 aliphatic rings. The second kappa shape index (κ2) is 7.38. The van der Waals surface area contributed by atoms with Crippen LogP contribution in [0.3, 0.4) is 0 Å². The summed E-state index contributed by atoms with van der Waals surface area (Å²) in [6, 6.07) is 6.02. The summed E-state index contributed by atoms with van der Waals surface area (Å²) in [4.78, 5) is 23.6. The molecule has 1 aromatic heterocycles. The third-order valence-corrected chi connectivity index (χ3v) is 4.98. The van der Waals surface area contributed by atoms with E-state index in [1.54, 1.807) is 18.5 Å². The summed E-state index contributed by atoms with van der Waals surface area (Å²) in [7, 11) is 0. The minimum atomic E-state index is -0.0348. The smallest absolute Gasteiger partial charge is 0.220 e. The van der Waals surface area contributed by atoms with E-state index in [-0.39, 0.29) is 22.8 Å². The average molecular weight is 380 g/mol. The second-order valence-electron chi connectivity index (χ2n) is 9.75. The molecule has 2 aromatic rings. The molecule has 1 aromatic carbocycles. The van der Waals surface area contributed by atoms with E-state index in [0.717, 1.165) is 30.7 Å². The zero-order chi connectivity index (χ0) is 20.5. The first-order valence-electron chi connectivity index (χ1n) is 9.76. The van der Waals surface area contributed by atoms with Gasteiger partial charge in [-0.3, -0.25) is 14.8 Å². The van der Waals surface area contributed by atoms with Crippen LogP contribution in [0.1, 0.15) is 53.0 Å². The van der Waals surface area contributed by atoms with Gasteiger partial charge in [0.05, 0.1) is 11.3 Å². The van der Waals surface area contributed by atoms with E-state index in [0.29, 0.717) is 17.5 Å². The molecule has 1 atom stereocenters. The van der Waals surface area contributed by atoms with Crippen molar-refractivity contribution in [3.63, 3.8) is 0 Å². The summed E-state index contributed by atoms with van der Waals surface area (Å²) >= 11 is 0. The number of aromatic nitrogens is 2. The molecule has 1 aliphatic heterocycles. The van der Waals surface area contributed by atoms with E-state index in [9.17, 15) is 10.1 Å². The number of nitrogens with one attached hydrogen (secondary N) is 1. The van der Waals surface area contributed by atoms with Crippen LogP contribution in [0, 0.1) is 22.2 Å². The SMILES string of the molecule is CC(C)(C)CC(=O)N[C@H]1CN(c2ccc(C#N)c3nccnc23)CC(C)(C)C1. The van der Waals surface area contributed by atoms with Crippen LogP contribution >= 0.6 is 0 Å². The number of amides is 1. The van der Waals surface area contributed by atoms with Gasteiger partial charge in [-0.15, -0.1) is 0 Å². The van der Waals surface area contributed by atoms with Crippen molar-refractivity contribution >= 4 is 22.6 Å². The molecule has 1 fully saturated rings. The van der Waals surface area contributed by atoms with Gasteiger partial charge in [0.15, 0.2) is 0 Å². The Balaban J connectivity index is 1.89. The molecule has 148 valence electrons. The van der Waals surface area contributed by atoms with Gasteiger partial charge in [-0.05, 0) is 29.4 Å². The highest BCUT2D eigenvalue weighted by atomic mass is 16.1. The molecule has 6 heteroatoms. The van der Waals surface area contributed by atoms with Crippen LogP contribution in [0.4, 0.5) is 5.69 Å². The summed E-state index contributed by atoms with van der Waals surface area (Å²) in [5.41, 5.74) is 2.86. The van der Waals surface area contributed by atoms with Crippen molar-refractivity contribution in [3.05, 3.63) is 30.1 Å². The van der Waals surface area contributed by atoms with Crippen LogP contribution in [0.5, 0.6) is 0 Å². The number of carbonyl (C=O) groups is 1. The molecule has 0 spiro atoms. The van der Waals surface area contributed by atoms with Crippen molar-refractivity contribution < 1.29 is 4.79 Å². The monoisotopic (exact) mass is 379 g/mol. The van der Waals surface area contributed by atoms with Gasteiger partial charge in [-0.1, -0.05) is 34.6 Å². The molecular formula is C22H29N5O. The Morgan fingerprint density at radius 2 is 1.96 bits per heavy atom. The molecule has 28 heavy (non-hydrogen) atoms. The number of fused-ring (bicyclic) bond motifs is 1. The summed E-state index contributed by atoms with van der Waals surface area (Å²) in [6.45, 7) is 12.2. The number of anilines is 1. The van der Waals surface area contributed by atoms with Gasteiger partial charge >= 0.3 is 0 Å². The van der Waals surface area contributed by atoms with Crippen LogP contribution in [0.2, 0.25) is 0 Å². The molecule has 0 aliphatic carbocycles. The maximum absolute atomic E-state index is 12.5. The fraction of sp³-hybridized carbons (Fsp3) is 0.545. The van der Waals surface area contributed by atoms with E-state index >= 15 is 0 Å². The largest absolute Gasteiger partial charge is 0.367 e. The van der Waals surface area contributed by atoms with Crippen LogP contribution < -0.4 is 10.2 Å². The van der Waals surface area contributed by atoms with Crippen LogP contribution in [0.15, 0.2) is 24.5 Å². The van der Waals surface area contributed by atoms with Gasteiger partial charge in [0.1, 0.15) is 17.1 Å². The molecule has 0 saturated carbocycles. The average Bonchev–Trinajstić information content (AvgIpc) is 2.57. The van der Waals surface area contributed by atoms with E-state index in [1.807, 2.05) is 6.07 Å². The topological polar surface area (TPSA) is 81.9 Å². The Morgan fingerprint density at radius 3 is 2.61 bits per heavy atom. The van der Waals surface area contributed by atoms with E-state index < -0.39 is 0 Å². The number of carbonyl (C=O) groups excluding carboxylic acids is 1. The fourth-order valence-electron chi connectivity index (χ4n) is 4.07. The van der Waals surface area contributed by atoms with Crippen molar-refractivity contribution in [2.45, 2.75) is 53.5 Å². The van der Waals surface area contributed by atoms with Crippen LogP contribution in [0.25, 0.3) is 11.0 Å². The van der Waals surface area contributed by atoms with Crippen molar-refractivity contribution in [1.82, 2.24) is 15.3 Å². The van der Waals surface area contributed by atoms with Gasteiger partial charge in [-0.2, -0.15) is 5.26 Å². The second-order valence-corrected chi connectivity index (χ2v) is 9.75. The number of piperidine rings is 1. The molecule has 1 saturated heterocycles. The van der Waals surface area contributed by atoms with Crippen molar-refractivity contribution in [3.8, 4) is 6.07 Å². The Morgan fingerprint density at radius 1 is 1.29 bits per heavy atom. The molecule has 2 heterocycles. The summed E-state index contributed by atoms with van der Waals surface area (Å²) in [5.74, 6) is 0.0969. The molecule has 1 amide bonds. The highest BCUT2D eigenvalue weighted by molar-refractivity contribution is 5.92. The number of nitrogens with zero attached hydrogens (tertiary/aromatic N) is 4. The van der Waals surface area contributed by atoms with Gasteiger partial charge < -0.3 is 10.2 Å². The van der Waals surface area contributed by atoms with Crippen LogP contribution in [-0.4, -0.2) is 35.0 Å². The molecule has 0 radical (unpaired) electrons. The number of hydrogen-bond donors (Lipinski definition) is 1. The van der Waals surface area contributed by atoms with E-state index in [2.05, 4.69) is 60.9 Å². The molecule has 0 unspecified atom stereocenters. The minimum absolute atomic E-state index is 0.0348. The third kappa shape index (κ3) is 4.59. The van der Waals surface area contributed by atoms with Gasteiger partial charge in [-0.25, -0.2) is 0 Å². The first kappa shape index (κ1) is 20.1. The summed E-state index contributed by atoms with van der Waals surface area (Å²) in [5, 5.41) is 12.6. The Bertz CT molecular complexity index is 923. The molecular weight excluding hydrogens is 350 g/mol. The zero-order valence-corrected chi connectivity index (χ0v) is 17.4. The fourth-order valence-corrected chi connectivity index (χ4v) is 4.07. The zero-order valence-electron chi connectivity index (χ0n) is 17.4. The number of benzene rings is 1. The van der Waals surface area contributed by atoms with E-state index in [4.69, 9.17) is 0 Å². The first-order chi connectivity index (χ1) is 13.1. The third-order valence-electron chi connectivity index (χ3n) is 4.98. The van der Waals surface area contributed by atoms with Gasteiger partial charge in [0.25, 0.3) is 0 Å². The number of nitriles is 1. The lowest BCUT2D eigenvalue weighted by Crippen LogP contribution is -2.54. The molecule has 3 rings (SSSR count). The van der Waals surface area contributed by atoms with Gasteiger partial charge in [0.2, 0.25) is 5.91 Å². The Hall–Kier alpha value is -2.68. The van der Waals surface area contributed by atoms with Crippen molar-refractivity contribution in [2.75, 3.05) is 18.0 Å². The Labute approximate surface area is 167 Å². The lowest BCUT2D eigenvalue weighted by Gasteiger charge is -2.44. The lowest BCUT2D eigenvalue weighted by atomic mass is 9.81. The highest BCUT2D eigenvalue weighted by Crippen LogP contribution is 2.35. The first-order valence-corrected chi connectivity index (χ1v) is 9.76. The molecule has 1 N–H and O–H groups in total. The molecule has 0 bridgehead atoms. The lowest BCUT2D eigenvalue weighted by molar-refractivity contribution is -0.123. The molecule has 6 nitrogen and oxygen atoms in total. The highest BCUT2D eigenvalue weighted by Gasteiger charge is 2.34. The standard InChI is InChI=1S/C22H29N5O/c1-21(2,3)11-18(28)26-16-10-22(4,5)14-27(13-16)17-7-6-15(12-23)19-20(17)25-9-8-24-19/h6-9,16H,10-11,13-14H2,1-5H3,(H,26,28)/t16-/m1/s1. The summed E-state index contributed by atoms with van der Waals surface area (Å²) < 4.78 is 0. The minimum Gasteiger partial charge on any atom is -0.367 e. The van der Waals surface area contributed by atoms with E-state index in [1.165, 1.54) is 0 Å². The Kier molecular flexibility index (Phi) is 5.29. The van der Waals surface area contributed by atoms with Gasteiger partial charge in [0, 0.05) is 37.9 Å². The van der Waals surface area contributed by atoms with Crippen LogP contribution in [-0.2, 0) is 4.79 Å². The van der Waals surface area contributed by atoms with Crippen molar-refractivity contribution in [2.24, 2.45) is 10.8 Å². The maximum atomic E-state index is 12.5. The summed E-state index contributed by atoms with van der Waals surface area (Å²) in [6.07, 6.45) is 4.71.